The molecule has 1 atom stereocenters. The summed E-state index contributed by atoms with van der Waals surface area (Å²) in [5.74, 6) is 0.412. The van der Waals surface area contributed by atoms with Gasteiger partial charge in [-0.15, -0.1) is 0 Å². The number of pyridine rings is 1. The second-order valence-electron chi connectivity index (χ2n) is 4.61. The summed E-state index contributed by atoms with van der Waals surface area (Å²) in [6, 6.07) is 1.88. The second-order valence-corrected chi connectivity index (χ2v) is 7.76. The fraction of sp³-hybridized carbons (Fsp3) is 0.455. The molecule has 2 aromatic rings. The number of aryl methyl sites for hydroxylation is 1. The molecule has 18 heavy (non-hydrogen) atoms. The van der Waals surface area contributed by atoms with E-state index in [9.17, 15) is 8.42 Å². The molecule has 0 radical (unpaired) electrons. The summed E-state index contributed by atoms with van der Waals surface area (Å²) in [5, 5.41) is 5.41. The fourth-order valence-electron chi connectivity index (χ4n) is 2.37. The molecule has 0 bridgehead atoms. The number of nitrogens with zero attached hydrogens (tertiary/aromatic N) is 3. The lowest BCUT2D eigenvalue weighted by atomic mass is 10.2. The van der Waals surface area contributed by atoms with Crippen molar-refractivity contribution in [3.63, 3.8) is 0 Å². The van der Waals surface area contributed by atoms with Gasteiger partial charge in [-0.05, 0) is 35.3 Å². The van der Waals surface area contributed by atoms with Gasteiger partial charge in [0.05, 0.1) is 23.2 Å². The zero-order valence-electron chi connectivity index (χ0n) is 9.80. The van der Waals surface area contributed by atoms with E-state index in [2.05, 4.69) is 26.0 Å². The minimum Gasteiger partial charge on any atom is -0.243 e. The lowest BCUT2D eigenvalue weighted by Crippen LogP contribution is -2.12. The fourth-order valence-corrected chi connectivity index (χ4v) is 4.39. The van der Waals surface area contributed by atoms with Crippen molar-refractivity contribution >= 4 is 36.8 Å². The molecule has 3 rings (SSSR count). The van der Waals surface area contributed by atoms with Crippen LogP contribution in [0.4, 0.5) is 0 Å². The van der Waals surface area contributed by atoms with Crippen molar-refractivity contribution in [1.29, 1.82) is 0 Å². The van der Waals surface area contributed by atoms with Gasteiger partial charge in [-0.1, -0.05) is 0 Å². The van der Waals surface area contributed by atoms with Crippen LogP contribution in [0, 0.1) is 6.92 Å². The van der Waals surface area contributed by atoms with Gasteiger partial charge in [-0.3, -0.25) is 0 Å². The zero-order chi connectivity index (χ0) is 12.9. The lowest BCUT2D eigenvalue weighted by Gasteiger charge is -2.08. The number of rotatable bonds is 1. The van der Waals surface area contributed by atoms with Crippen molar-refractivity contribution in [3.05, 3.63) is 22.4 Å². The third kappa shape index (κ3) is 1.95. The molecule has 7 heteroatoms. The van der Waals surface area contributed by atoms with E-state index in [1.54, 1.807) is 10.9 Å². The molecule has 96 valence electrons. The zero-order valence-corrected chi connectivity index (χ0v) is 12.2. The Kier molecular flexibility index (Phi) is 2.71. The molecule has 1 saturated heterocycles. The molecule has 1 aliphatic rings. The normalized spacial score (nSPS) is 22.7. The van der Waals surface area contributed by atoms with E-state index in [1.165, 1.54) is 0 Å². The summed E-state index contributed by atoms with van der Waals surface area (Å²) in [6.07, 6.45) is 2.33. The molecule has 0 spiro atoms. The van der Waals surface area contributed by atoms with Gasteiger partial charge in [0, 0.05) is 16.1 Å². The molecule has 0 N–H and O–H groups in total. The number of hydrogen-bond acceptors (Lipinski definition) is 4. The summed E-state index contributed by atoms with van der Waals surface area (Å²) in [5.41, 5.74) is 1.64. The topological polar surface area (TPSA) is 64.8 Å². The molecule has 1 aliphatic heterocycles. The van der Waals surface area contributed by atoms with Crippen LogP contribution in [0.3, 0.4) is 0 Å². The van der Waals surface area contributed by atoms with Gasteiger partial charge in [-0.25, -0.2) is 18.1 Å². The van der Waals surface area contributed by atoms with E-state index in [4.69, 9.17) is 0 Å². The molecule has 5 nitrogen and oxygen atoms in total. The minimum atomic E-state index is -2.91. The van der Waals surface area contributed by atoms with Gasteiger partial charge >= 0.3 is 0 Å². The predicted octanol–water partition coefficient (Wildman–Crippen LogP) is 1.86. The number of halogens is 1. The maximum atomic E-state index is 11.5. The van der Waals surface area contributed by atoms with Gasteiger partial charge in [0.15, 0.2) is 15.5 Å². The molecule has 0 saturated carbocycles. The Morgan fingerprint density at radius 1 is 1.50 bits per heavy atom. The van der Waals surface area contributed by atoms with Crippen LogP contribution >= 0.6 is 15.9 Å². The molecular formula is C11H12BrN3O2S. The van der Waals surface area contributed by atoms with Gasteiger partial charge in [0.25, 0.3) is 0 Å². The highest BCUT2D eigenvalue weighted by atomic mass is 79.9. The smallest absolute Gasteiger partial charge is 0.158 e. The Bertz CT molecular complexity index is 723. The highest BCUT2D eigenvalue weighted by Gasteiger charge is 2.31. The van der Waals surface area contributed by atoms with Crippen LogP contribution in [-0.2, 0) is 9.84 Å². The van der Waals surface area contributed by atoms with Crippen LogP contribution in [0.2, 0.25) is 0 Å². The first-order valence-corrected chi connectivity index (χ1v) is 8.28. The highest BCUT2D eigenvalue weighted by Crippen LogP contribution is 2.28. The summed E-state index contributed by atoms with van der Waals surface area (Å²) < 4.78 is 25.7. The maximum absolute atomic E-state index is 11.5. The Balaban J connectivity index is 2.14. The van der Waals surface area contributed by atoms with Crippen molar-refractivity contribution < 1.29 is 8.42 Å². The Morgan fingerprint density at radius 2 is 2.28 bits per heavy atom. The quantitative estimate of drug-likeness (QED) is 0.801. The standard InChI is InChI=1S/C11H12BrN3O2S/c1-7-10-4-8(12)5-13-11(10)15(14-7)9-2-3-18(16,17)6-9/h4-5,9H,2-3,6H2,1H3/t9-/m0/s1. The van der Waals surface area contributed by atoms with Crippen molar-refractivity contribution in [3.8, 4) is 0 Å². The Hall–Kier alpha value is -0.950. The second kappa shape index (κ2) is 4.03. The number of sulfone groups is 1. The average molecular weight is 330 g/mol. The third-order valence-electron chi connectivity index (χ3n) is 3.25. The van der Waals surface area contributed by atoms with Crippen LogP contribution in [-0.4, -0.2) is 34.7 Å². The molecule has 1 fully saturated rings. The van der Waals surface area contributed by atoms with E-state index in [-0.39, 0.29) is 17.5 Å². The SMILES string of the molecule is Cc1nn([C@H]2CCS(=O)(=O)C2)c2ncc(Br)cc12. The van der Waals surface area contributed by atoms with Crippen LogP contribution in [0.1, 0.15) is 18.2 Å². The van der Waals surface area contributed by atoms with Gasteiger partial charge in [0.2, 0.25) is 0 Å². The van der Waals surface area contributed by atoms with E-state index in [1.807, 2.05) is 13.0 Å². The summed E-state index contributed by atoms with van der Waals surface area (Å²) in [7, 11) is -2.91. The van der Waals surface area contributed by atoms with E-state index >= 15 is 0 Å². The monoisotopic (exact) mass is 329 g/mol. The van der Waals surface area contributed by atoms with Crippen LogP contribution in [0.5, 0.6) is 0 Å². The van der Waals surface area contributed by atoms with E-state index < -0.39 is 9.84 Å². The Morgan fingerprint density at radius 3 is 2.94 bits per heavy atom. The number of hydrogen-bond donors (Lipinski definition) is 0. The van der Waals surface area contributed by atoms with Crippen LogP contribution in [0.25, 0.3) is 11.0 Å². The minimum absolute atomic E-state index is 0.0834. The van der Waals surface area contributed by atoms with Gasteiger partial charge in [-0.2, -0.15) is 5.10 Å². The first kappa shape index (κ1) is 12.1. The van der Waals surface area contributed by atoms with Crippen molar-refractivity contribution in [2.45, 2.75) is 19.4 Å². The molecule has 2 aromatic heterocycles. The summed E-state index contributed by atoms with van der Waals surface area (Å²) in [4.78, 5) is 4.35. The first-order valence-electron chi connectivity index (χ1n) is 5.67. The molecule has 0 aliphatic carbocycles. The van der Waals surface area contributed by atoms with Crippen LogP contribution < -0.4 is 0 Å². The van der Waals surface area contributed by atoms with E-state index in [0.29, 0.717) is 6.42 Å². The van der Waals surface area contributed by atoms with Crippen molar-refractivity contribution in [2.24, 2.45) is 0 Å². The molecule has 0 amide bonds. The summed E-state index contributed by atoms with van der Waals surface area (Å²) >= 11 is 3.38. The number of aromatic nitrogens is 3. The maximum Gasteiger partial charge on any atom is 0.158 e. The van der Waals surface area contributed by atoms with Crippen LogP contribution in [0.15, 0.2) is 16.7 Å². The number of fused-ring (bicyclic) bond motifs is 1. The highest BCUT2D eigenvalue weighted by molar-refractivity contribution is 9.10. The Labute approximate surface area is 113 Å². The first-order chi connectivity index (χ1) is 8.46. The van der Waals surface area contributed by atoms with Crippen molar-refractivity contribution in [2.75, 3.05) is 11.5 Å². The van der Waals surface area contributed by atoms with Gasteiger partial charge in [0.1, 0.15) is 0 Å². The van der Waals surface area contributed by atoms with E-state index in [0.717, 1.165) is 21.2 Å². The van der Waals surface area contributed by atoms with Gasteiger partial charge < -0.3 is 0 Å². The molecule has 0 unspecified atom stereocenters. The largest absolute Gasteiger partial charge is 0.243 e. The third-order valence-corrected chi connectivity index (χ3v) is 5.44. The average Bonchev–Trinajstić information content (AvgIpc) is 2.80. The molecule has 0 aromatic carbocycles. The molecule has 3 heterocycles. The summed E-state index contributed by atoms with van der Waals surface area (Å²) in [6.45, 7) is 1.91. The predicted molar refractivity (Wildman–Crippen MR) is 72.3 cm³/mol. The lowest BCUT2D eigenvalue weighted by molar-refractivity contribution is 0.509. The van der Waals surface area contributed by atoms with Crippen molar-refractivity contribution in [1.82, 2.24) is 14.8 Å². The molecular weight excluding hydrogens is 318 g/mol.